The molecule has 1 aromatic heterocycles. The number of carbonyl (C=O) groups excluding carboxylic acids is 1. The first-order valence-corrected chi connectivity index (χ1v) is 10.1. The van der Waals surface area contributed by atoms with Crippen LogP contribution in [0.4, 0.5) is 0 Å². The Bertz CT molecular complexity index is 903. The zero-order chi connectivity index (χ0) is 18.4. The predicted molar refractivity (Wildman–Crippen MR) is 91.2 cm³/mol. The Labute approximate surface area is 145 Å². The number of rotatable bonds is 3. The second-order valence-corrected chi connectivity index (χ2v) is 8.78. The molecule has 0 spiro atoms. The summed E-state index contributed by atoms with van der Waals surface area (Å²) in [6.07, 6.45) is 1.35. The van der Waals surface area contributed by atoms with Gasteiger partial charge in [-0.1, -0.05) is 6.92 Å². The van der Waals surface area contributed by atoms with Gasteiger partial charge in [0.1, 0.15) is 6.54 Å². The molecular weight excluding hydrogens is 348 g/mol. The summed E-state index contributed by atoms with van der Waals surface area (Å²) in [4.78, 5) is 41.9. The number of H-pyrrole nitrogens is 1. The smallest absolute Gasteiger partial charge is 0.328 e. The van der Waals surface area contributed by atoms with E-state index in [-0.39, 0.29) is 36.0 Å². The molecule has 1 N–H and O–H groups in total. The Hall–Kier alpha value is -1.94. The number of fused-ring (bicyclic) bond motifs is 1. The van der Waals surface area contributed by atoms with Gasteiger partial charge >= 0.3 is 5.69 Å². The van der Waals surface area contributed by atoms with Gasteiger partial charge in [0.15, 0.2) is 9.84 Å². The van der Waals surface area contributed by atoms with Gasteiger partial charge in [-0.2, -0.15) is 0 Å². The first-order chi connectivity index (χ1) is 11.7. The van der Waals surface area contributed by atoms with Crippen molar-refractivity contribution >= 4 is 15.7 Å². The van der Waals surface area contributed by atoms with E-state index in [2.05, 4.69) is 9.88 Å². The van der Waals surface area contributed by atoms with Crippen molar-refractivity contribution in [3.63, 3.8) is 0 Å². The van der Waals surface area contributed by atoms with Gasteiger partial charge in [0.2, 0.25) is 5.91 Å². The van der Waals surface area contributed by atoms with Gasteiger partial charge in [0.05, 0.1) is 17.5 Å². The van der Waals surface area contributed by atoms with Crippen LogP contribution in [-0.4, -0.2) is 76.9 Å². The summed E-state index contributed by atoms with van der Waals surface area (Å²) in [6.45, 7) is 5.09. The number of nitrogens with zero attached hydrogens (tertiary/aromatic N) is 3. The highest BCUT2D eigenvalue weighted by molar-refractivity contribution is 7.91. The number of aryl methyl sites for hydroxylation is 1. The van der Waals surface area contributed by atoms with Crippen LogP contribution < -0.4 is 11.2 Å². The average molecular weight is 370 g/mol. The van der Waals surface area contributed by atoms with Crippen LogP contribution in [0.5, 0.6) is 0 Å². The van der Waals surface area contributed by atoms with Crippen LogP contribution in [0, 0.1) is 6.92 Å². The third-order valence-corrected chi connectivity index (χ3v) is 6.71. The van der Waals surface area contributed by atoms with E-state index < -0.39 is 21.1 Å². The molecule has 2 aliphatic heterocycles. The van der Waals surface area contributed by atoms with Crippen LogP contribution in [0.2, 0.25) is 0 Å². The number of hydrogen-bond acceptors (Lipinski definition) is 6. The lowest BCUT2D eigenvalue weighted by Crippen LogP contribution is -2.61. The lowest BCUT2D eigenvalue weighted by molar-refractivity contribution is -0.137. The van der Waals surface area contributed by atoms with Crippen molar-refractivity contribution in [2.24, 2.45) is 0 Å². The fraction of sp³-hybridized carbons (Fsp3) is 0.667. The molecule has 2 fully saturated rings. The van der Waals surface area contributed by atoms with E-state index in [4.69, 9.17) is 0 Å². The molecule has 0 unspecified atom stereocenters. The number of aromatic amines is 1. The third kappa shape index (κ3) is 3.40. The first kappa shape index (κ1) is 17.9. The molecule has 1 amide bonds. The van der Waals surface area contributed by atoms with Gasteiger partial charge in [-0.15, -0.1) is 0 Å². The van der Waals surface area contributed by atoms with E-state index in [1.165, 1.54) is 6.20 Å². The SMILES string of the molecule is CCN1CCN(C(=O)Cn2cc(C)c(=O)[nH]c2=O)[C@H]2CS(=O)(=O)C[C@H]21. The van der Waals surface area contributed by atoms with Crippen molar-refractivity contribution in [3.8, 4) is 0 Å². The number of likely N-dealkylation sites (N-methyl/N-ethyl adjacent to an activating group) is 1. The van der Waals surface area contributed by atoms with Crippen molar-refractivity contribution in [2.75, 3.05) is 31.1 Å². The van der Waals surface area contributed by atoms with Crippen LogP contribution in [-0.2, 0) is 21.2 Å². The maximum Gasteiger partial charge on any atom is 0.328 e. The summed E-state index contributed by atoms with van der Waals surface area (Å²) >= 11 is 0. The Morgan fingerprint density at radius 1 is 1.24 bits per heavy atom. The number of nitrogens with one attached hydrogen (secondary N) is 1. The van der Waals surface area contributed by atoms with Crippen molar-refractivity contribution in [2.45, 2.75) is 32.5 Å². The lowest BCUT2D eigenvalue weighted by Gasteiger charge is -2.43. The molecule has 3 heterocycles. The minimum atomic E-state index is -3.18. The van der Waals surface area contributed by atoms with Crippen molar-refractivity contribution in [1.82, 2.24) is 19.4 Å². The molecule has 0 aromatic carbocycles. The maximum absolute atomic E-state index is 12.7. The van der Waals surface area contributed by atoms with Crippen molar-refractivity contribution < 1.29 is 13.2 Å². The molecule has 0 radical (unpaired) electrons. The monoisotopic (exact) mass is 370 g/mol. The number of sulfone groups is 1. The molecule has 0 saturated carbocycles. The molecule has 2 atom stereocenters. The van der Waals surface area contributed by atoms with E-state index >= 15 is 0 Å². The fourth-order valence-electron chi connectivity index (χ4n) is 3.70. The number of hydrogen-bond donors (Lipinski definition) is 1. The highest BCUT2D eigenvalue weighted by Gasteiger charge is 2.47. The maximum atomic E-state index is 12.7. The summed E-state index contributed by atoms with van der Waals surface area (Å²) in [5.74, 6) is -0.289. The van der Waals surface area contributed by atoms with E-state index in [0.717, 1.165) is 11.1 Å². The number of carbonyl (C=O) groups is 1. The minimum absolute atomic E-state index is 0.0422. The van der Waals surface area contributed by atoms with Crippen molar-refractivity contribution in [3.05, 3.63) is 32.6 Å². The molecule has 2 saturated heterocycles. The second kappa shape index (κ2) is 6.41. The van der Waals surface area contributed by atoms with E-state index in [1.807, 2.05) is 6.92 Å². The summed E-state index contributed by atoms with van der Waals surface area (Å²) in [6, 6.07) is -0.576. The highest BCUT2D eigenvalue weighted by Crippen LogP contribution is 2.26. The zero-order valence-electron chi connectivity index (χ0n) is 14.3. The Balaban J connectivity index is 1.84. The highest BCUT2D eigenvalue weighted by atomic mass is 32.2. The van der Waals surface area contributed by atoms with Crippen LogP contribution in [0.25, 0.3) is 0 Å². The summed E-state index contributed by atoms with van der Waals surface area (Å²) in [5, 5.41) is 0. The molecular formula is C15H22N4O5S. The molecule has 3 rings (SSSR count). The predicted octanol–water partition coefficient (Wildman–Crippen LogP) is -1.83. The molecule has 0 aliphatic carbocycles. The van der Waals surface area contributed by atoms with Crippen LogP contribution in [0.1, 0.15) is 12.5 Å². The van der Waals surface area contributed by atoms with Gasteiger partial charge < -0.3 is 4.90 Å². The molecule has 138 valence electrons. The van der Waals surface area contributed by atoms with Gasteiger partial charge in [-0.25, -0.2) is 13.2 Å². The Morgan fingerprint density at radius 3 is 2.60 bits per heavy atom. The minimum Gasteiger partial charge on any atom is -0.334 e. The van der Waals surface area contributed by atoms with Gasteiger partial charge in [-0.05, 0) is 13.5 Å². The Kier molecular flexibility index (Phi) is 4.58. The normalized spacial score (nSPS) is 25.8. The van der Waals surface area contributed by atoms with Crippen LogP contribution >= 0.6 is 0 Å². The summed E-state index contributed by atoms with van der Waals surface area (Å²) in [7, 11) is -3.18. The third-order valence-electron chi connectivity index (χ3n) is 5.01. The van der Waals surface area contributed by atoms with Crippen LogP contribution in [0.3, 0.4) is 0 Å². The summed E-state index contributed by atoms with van der Waals surface area (Å²) in [5.41, 5.74) is -0.788. The quantitative estimate of drug-likeness (QED) is 0.670. The second-order valence-electron chi connectivity index (χ2n) is 6.63. The van der Waals surface area contributed by atoms with E-state index in [0.29, 0.717) is 18.7 Å². The number of piperazine rings is 1. The molecule has 10 heteroatoms. The Morgan fingerprint density at radius 2 is 1.92 bits per heavy atom. The molecule has 0 bridgehead atoms. The molecule has 9 nitrogen and oxygen atoms in total. The van der Waals surface area contributed by atoms with Gasteiger partial charge in [0, 0.05) is 30.9 Å². The zero-order valence-corrected chi connectivity index (χ0v) is 15.1. The first-order valence-electron chi connectivity index (χ1n) is 8.26. The van der Waals surface area contributed by atoms with Gasteiger partial charge in [-0.3, -0.25) is 24.0 Å². The lowest BCUT2D eigenvalue weighted by atomic mass is 10.0. The average Bonchev–Trinajstić information content (AvgIpc) is 2.86. The molecule has 25 heavy (non-hydrogen) atoms. The molecule has 1 aromatic rings. The van der Waals surface area contributed by atoms with Gasteiger partial charge in [0.25, 0.3) is 5.56 Å². The topological polar surface area (TPSA) is 113 Å². The van der Waals surface area contributed by atoms with E-state index in [1.54, 1.807) is 11.8 Å². The standard InChI is InChI=1S/C15H22N4O5S/c1-3-17-4-5-19(12-9-25(23,24)8-11(12)17)13(20)7-18-6-10(2)14(21)16-15(18)22/h6,11-12H,3-5,7-9H2,1-2H3,(H,16,21,22)/t11-,12+/m1/s1. The van der Waals surface area contributed by atoms with Crippen molar-refractivity contribution in [1.29, 1.82) is 0 Å². The summed E-state index contributed by atoms with van der Waals surface area (Å²) < 4.78 is 25.3. The fourth-order valence-corrected chi connectivity index (χ4v) is 5.71. The number of amides is 1. The molecule has 2 aliphatic rings. The van der Waals surface area contributed by atoms with E-state index in [9.17, 15) is 22.8 Å². The van der Waals surface area contributed by atoms with Crippen LogP contribution in [0.15, 0.2) is 15.8 Å². The largest absolute Gasteiger partial charge is 0.334 e. The number of aromatic nitrogens is 2.